The Morgan fingerprint density at radius 3 is 2.35 bits per heavy atom. The van der Waals surface area contributed by atoms with Crippen molar-refractivity contribution in [3.63, 3.8) is 0 Å². The van der Waals surface area contributed by atoms with Gasteiger partial charge in [-0.15, -0.1) is 0 Å². The molecular formula is C19H19FN4O2. The minimum Gasteiger partial charge on any atom is -0.493 e. The van der Waals surface area contributed by atoms with Gasteiger partial charge in [-0.2, -0.15) is 0 Å². The third-order valence-electron chi connectivity index (χ3n) is 3.71. The molecule has 3 rings (SSSR count). The summed E-state index contributed by atoms with van der Waals surface area (Å²) in [4.78, 5) is 8.41. The molecule has 0 saturated carbocycles. The van der Waals surface area contributed by atoms with Crippen LogP contribution in [0.15, 0.2) is 54.9 Å². The molecule has 1 heterocycles. The predicted octanol–water partition coefficient (Wildman–Crippen LogP) is 3.99. The Bertz CT molecular complexity index is 872. The lowest BCUT2D eigenvalue weighted by atomic mass is 10.2. The van der Waals surface area contributed by atoms with Gasteiger partial charge in [0.05, 0.1) is 14.2 Å². The molecule has 0 atom stereocenters. The maximum Gasteiger partial charge on any atom is 0.162 e. The van der Waals surface area contributed by atoms with Crippen LogP contribution in [0, 0.1) is 5.82 Å². The zero-order valence-corrected chi connectivity index (χ0v) is 14.5. The van der Waals surface area contributed by atoms with Crippen molar-refractivity contribution in [2.75, 3.05) is 24.9 Å². The van der Waals surface area contributed by atoms with Crippen molar-refractivity contribution in [3.05, 3.63) is 66.2 Å². The fourth-order valence-corrected chi connectivity index (χ4v) is 2.38. The van der Waals surface area contributed by atoms with Crippen molar-refractivity contribution in [1.29, 1.82) is 0 Å². The smallest absolute Gasteiger partial charge is 0.162 e. The highest BCUT2D eigenvalue weighted by molar-refractivity contribution is 5.62. The van der Waals surface area contributed by atoms with E-state index in [-0.39, 0.29) is 5.82 Å². The highest BCUT2D eigenvalue weighted by Gasteiger charge is 2.06. The van der Waals surface area contributed by atoms with Crippen LogP contribution >= 0.6 is 0 Å². The lowest BCUT2D eigenvalue weighted by Crippen LogP contribution is -2.03. The molecule has 2 N–H and O–H groups in total. The molecule has 1 aromatic heterocycles. The summed E-state index contributed by atoms with van der Waals surface area (Å²) in [5.41, 5.74) is 1.77. The molecule has 0 saturated heterocycles. The van der Waals surface area contributed by atoms with Crippen molar-refractivity contribution >= 4 is 17.3 Å². The number of hydrogen-bond donors (Lipinski definition) is 2. The Labute approximate surface area is 151 Å². The van der Waals surface area contributed by atoms with E-state index in [0.29, 0.717) is 29.7 Å². The molecule has 0 aliphatic rings. The number of nitrogens with zero attached hydrogens (tertiary/aromatic N) is 2. The first-order valence-electron chi connectivity index (χ1n) is 7.97. The van der Waals surface area contributed by atoms with E-state index >= 15 is 0 Å². The standard InChI is InChI=1S/C19H19FN4O2/c1-25-16-8-7-15(9-17(16)26-2)24-19-10-18(22-12-23-19)21-11-13-3-5-14(20)6-4-13/h3-10,12H,11H2,1-2H3,(H2,21,22,23,24). The Morgan fingerprint density at radius 2 is 1.62 bits per heavy atom. The van der Waals surface area contributed by atoms with Crippen molar-refractivity contribution < 1.29 is 13.9 Å². The average Bonchev–Trinajstić information content (AvgIpc) is 2.68. The monoisotopic (exact) mass is 354 g/mol. The molecule has 7 heteroatoms. The van der Waals surface area contributed by atoms with Gasteiger partial charge in [-0.3, -0.25) is 0 Å². The summed E-state index contributed by atoms with van der Waals surface area (Å²) in [5.74, 6) is 2.32. The SMILES string of the molecule is COc1ccc(Nc2cc(NCc3ccc(F)cc3)ncn2)cc1OC. The summed E-state index contributed by atoms with van der Waals surface area (Å²) >= 11 is 0. The number of rotatable bonds is 7. The minimum atomic E-state index is -0.253. The van der Waals surface area contributed by atoms with Crippen LogP contribution in [-0.4, -0.2) is 24.2 Å². The highest BCUT2D eigenvalue weighted by atomic mass is 19.1. The lowest BCUT2D eigenvalue weighted by molar-refractivity contribution is 0.355. The Morgan fingerprint density at radius 1 is 0.885 bits per heavy atom. The topological polar surface area (TPSA) is 68.3 Å². The first-order chi connectivity index (χ1) is 12.7. The maximum absolute atomic E-state index is 12.9. The van der Waals surface area contributed by atoms with Gasteiger partial charge in [-0.1, -0.05) is 12.1 Å². The maximum atomic E-state index is 12.9. The molecule has 0 radical (unpaired) electrons. The van der Waals surface area contributed by atoms with Gasteiger partial charge in [0, 0.05) is 24.4 Å². The number of anilines is 3. The second-order valence-corrected chi connectivity index (χ2v) is 5.46. The second kappa shape index (κ2) is 8.15. The molecule has 0 spiro atoms. The van der Waals surface area contributed by atoms with E-state index in [9.17, 15) is 4.39 Å². The van der Waals surface area contributed by atoms with E-state index in [0.717, 1.165) is 11.3 Å². The van der Waals surface area contributed by atoms with Crippen molar-refractivity contribution in [2.24, 2.45) is 0 Å². The normalized spacial score (nSPS) is 10.3. The molecule has 0 fully saturated rings. The van der Waals surface area contributed by atoms with E-state index < -0.39 is 0 Å². The van der Waals surface area contributed by atoms with Gasteiger partial charge in [0.2, 0.25) is 0 Å². The zero-order valence-electron chi connectivity index (χ0n) is 14.5. The molecule has 0 unspecified atom stereocenters. The van der Waals surface area contributed by atoms with E-state index in [1.165, 1.54) is 18.5 Å². The molecule has 6 nitrogen and oxygen atoms in total. The summed E-state index contributed by atoms with van der Waals surface area (Å²) in [5, 5.41) is 6.39. The molecule has 2 aromatic carbocycles. The van der Waals surface area contributed by atoms with Crippen LogP contribution < -0.4 is 20.1 Å². The van der Waals surface area contributed by atoms with Gasteiger partial charge in [-0.25, -0.2) is 14.4 Å². The van der Waals surface area contributed by atoms with Gasteiger partial charge in [-0.05, 0) is 29.8 Å². The molecule has 0 aliphatic heterocycles. The fraction of sp³-hybridized carbons (Fsp3) is 0.158. The van der Waals surface area contributed by atoms with Crippen LogP contribution in [0.3, 0.4) is 0 Å². The van der Waals surface area contributed by atoms with Crippen LogP contribution in [0.5, 0.6) is 11.5 Å². The largest absolute Gasteiger partial charge is 0.493 e. The molecule has 0 amide bonds. The van der Waals surface area contributed by atoms with Gasteiger partial charge < -0.3 is 20.1 Å². The molecular weight excluding hydrogens is 335 g/mol. The van der Waals surface area contributed by atoms with E-state index in [2.05, 4.69) is 20.6 Å². The van der Waals surface area contributed by atoms with Crippen LogP contribution in [0.25, 0.3) is 0 Å². The van der Waals surface area contributed by atoms with Crippen LogP contribution in [0.2, 0.25) is 0 Å². The molecule has 0 bridgehead atoms. The number of aromatic nitrogens is 2. The van der Waals surface area contributed by atoms with Gasteiger partial charge >= 0.3 is 0 Å². The quantitative estimate of drug-likeness (QED) is 0.669. The van der Waals surface area contributed by atoms with Crippen LogP contribution in [0.1, 0.15) is 5.56 Å². The molecule has 26 heavy (non-hydrogen) atoms. The van der Waals surface area contributed by atoms with E-state index in [1.807, 2.05) is 18.2 Å². The zero-order chi connectivity index (χ0) is 18.4. The summed E-state index contributed by atoms with van der Waals surface area (Å²) in [6.45, 7) is 0.535. The van der Waals surface area contributed by atoms with Crippen molar-refractivity contribution in [2.45, 2.75) is 6.54 Å². The number of nitrogens with one attached hydrogen (secondary N) is 2. The Balaban J connectivity index is 1.68. The number of hydrogen-bond acceptors (Lipinski definition) is 6. The first kappa shape index (κ1) is 17.5. The second-order valence-electron chi connectivity index (χ2n) is 5.46. The first-order valence-corrected chi connectivity index (χ1v) is 7.97. The summed E-state index contributed by atoms with van der Waals surface area (Å²) in [6, 6.07) is 13.6. The van der Waals surface area contributed by atoms with Gasteiger partial charge in [0.15, 0.2) is 11.5 Å². The Kier molecular flexibility index (Phi) is 5.48. The predicted molar refractivity (Wildman–Crippen MR) is 98.6 cm³/mol. The van der Waals surface area contributed by atoms with Crippen LogP contribution in [-0.2, 0) is 6.54 Å². The van der Waals surface area contributed by atoms with Gasteiger partial charge in [0.1, 0.15) is 23.8 Å². The number of benzene rings is 2. The average molecular weight is 354 g/mol. The molecule has 3 aromatic rings. The number of methoxy groups -OCH3 is 2. The minimum absolute atomic E-state index is 0.253. The summed E-state index contributed by atoms with van der Waals surface area (Å²) < 4.78 is 23.5. The fourth-order valence-electron chi connectivity index (χ4n) is 2.38. The van der Waals surface area contributed by atoms with E-state index in [4.69, 9.17) is 9.47 Å². The van der Waals surface area contributed by atoms with Crippen LogP contribution in [0.4, 0.5) is 21.7 Å². The highest BCUT2D eigenvalue weighted by Crippen LogP contribution is 2.30. The van der Waals surface area contributed by atoms with E-state index in [1.54, 1.807) is 32.4 Å². The lowest BCUT2D eigenvalue weighted by Gasteiger charge is -2.11. The van der Waals surface area contributed by atoms with Crippen molar-refractivity contribution in [3.8, 4) is 11.5 Å². The molecule has 134 valence electrons. The van der Waals surface area contributed by atoms with Gasteiger partial charge in [0.25, 0.3) is 0 Å². The third kappa shape index (κ3) is 4.38. The summed E-state index contributed by atoms with van der Waals surface area (Å²) in [6.07, 6.45) is 1.47. The summed E-state index contributed by atoms with van der Waals surface area (Å²) in [7, 11) is 3.18. The third-order valence-corrected chi connectivity index (χ3v) is 3.71. The Hall–Kier alpha value is -3.35. The molecule has 0 aliphatic carbocycles. The van der Waals surface area contributed by atoms with Crippen molar-refractivity contribution in [1.82, 2.24) is 9.97 Å². The number of ether oxygens (including phenoxy) is 2. The number of halogens is 1.